The number of piperazine rings is 1. The van der Waals surface area contributed by atoms with Crippen LogP contribution in [-0.4, -0.2) is 63.6 Å². The first-order valence-electron chi connectivity index (χ1n) is 7.55. The standard InChI is InChI=1S/C16H26N2O4/c1-11(18-9-7-17-8-10-18)14(19)12-5-6-13(20-2)16(22-4)15(12)21-3/h5-6,11,14,17,19H,7-10H2,1-4H3. The first-order valence-corrected chi connectivity index (χ1v) is 7.55. The van der Waals surface area contributed by atoms with Crippen LogP contribution >= 0.6 is 0 Å². The van der Waals surface area contributed by atoms with Gasteiger partial charge in [-0.05, 0) is 19.1 Å². The van der Waals surface area contributed by atoms with Crippen molar-refractivity contribution in [2.45, 2.75) is 19.1 Å². The first-order chi connectivity index (χ1) is 10.6. The third kappa shape index (κ3) is 3.29. The van der Waals surface area contributed by atoms with Gasteiger partial charge in [-0.15, -0.1) is 0 Å². The molecule has 0 aliphatic carbocycles. The zero-order valence-electron chi connectivity index (χ0n) is 13.8. The molecule has 2 atom stereocenters. The molecule has 2 unspecified atom stereocenters. The summed E-state index contributed by atoms with van der Waals surface area (Å²) < 4.78 is 16.1. The van der Waals surface area contributed by atoms with Crippen LogP contribution in [0.15, 0.2) is 12.1 Å². The summed E-state index contributed by atoms with van der Waals surface area (Å²) >= 11 is 0. The molecule has 2 N–H and O–H groups in total. The van der Waals surface area contributed by atoms with Crippen molar-refractivity contribution < 1.29 is 19.3 Å². The summed E-state index contributed by atoms with van der Waals surface area (Å²) in [6.45, 7) is 5.77. The number of methoxy groups -OCH3 is 3. The SMILES string of the molecule is COc1ccc(C(O)C(C)N2CCNCC2)c(OC)c1OC. The van der Waals surface area contributed by atoms with Crippen molar-refractivity contribution in [1.82, 2.24) is 10.2 Å². The molecule has 6 nitrogen and oxygen atoms in total. The molecule has 1 aliphatic rings. The summed E-state index contributed by atoms with van der Waals surface area (Å²) in [6, 6.07) is 3.63. The average Bonchev–Trinajstić information content (AvgIpc) is 2.59. The Morgan fingerprint density at radius 1 is 1.05 bits per heavy atom. The van der Waals surface area contributed by atoms with Gasteiger partial charge in [-0.25, -0.2) is 0 Å². The number of ether oxygens (including phenoxy) is 3. The van der Waals surface area contributed by atoms with Gasteiger partial charge in [-0.2, -0.15) is 0 Å². The summed E-state index contributed by atoms with van der Waals surface area (Å²) in [7, 11) is 4.72. The van der Waals surface area contributed by atoms with E-state index in [9.17, 15) is 5.11 Å². The second-order valence-corrected chi connectivity index (χ2v) is 5.39. The molecule has 0 bridgehead atoms. The van der Waals surface area contributed by atoms with Crippen LogP contribution in [-0.2, 0) is 0 Å². The van der Waals surface area contributed by atoms with Crippen LogP contribution < -0.4 is 19.5 Å². The Morgan fingerprint density at radius 2 is 1.68 bits per heavy atom. The number of hydrogen-bond acceptors (Lipinski definition) is 6. The Kier molecular flexibility index (Phi) is 5.88. The molecule has 1 aliphatic heterocycles. The van der Waals surface area contributed by atoms with Gasteiger partial charge in [0.25, 0.3) is 0 Å². The Morgan fingerprint density at radius 3 is 2.23 bits per heavy atom. The number of nitrogens with one attached hydrogen (secondary N) is 1. The van der Waals surface area contributed by atoms with E-state index < -0.39 is 6.10 Å². The Bertz CT molecular complexity index is 489. The van der Waals surface area contributed by atoms with E-state index in [0.717, 1.165) is 26.2 Å². The molecule has 0 saturated carbocycles. The molecule has 2 rings (SSSR count). The van der Waals surface area contributed by atoms with Crippen LogP contribution in [0.25, 0.3) is 0 Å². The van der Waals surface area contributed by atoms with Gasteiger partial charge in [0, 0.05) is 37.8 Å². The highest BCUT2D eigenvalue weighted by molar-refractivity contribution is 5.56. The molecule has 0 spiro atoms. The highest BCUT2D eigenvalue weighted by Crippen LogP contribution is 2.43. The lowest BCUT2D eigenvalue weighted by molar-refractivity contribution is 0.0492. The van der Waals surface area contributed by atoms with E-state index in [1.165, 1.54) is 0 Å². The molecule has 22 heavy (non-hydrogen) atoms. The van der Waals surface area contributed by atoms with Crippen LogP contribution in [0.5, 0.6) is 17.2 Å². The van der Waals surface area contributed by atoms with E-state index in [-0.39, 0.29) is 6.04 Å². The number of rotatable bonds is 6. The summed E-state index contributed by atoms with van der Waals surface area (Å²) in [5.74, 6) is 1.62. The minimum Gasteiger partial charge on any atom is -0.493 e. The number of aliphatic hydroxyl groups is 1. The van der Waals surface area contributed by atoms with Gasteiger partial charge in [-0.1, -0.05) is 0 Å². The molecular weight excluding hydrogens is 284 g/mol. The zero-order valence-corrected chi connectivity index (χ0v) is 13.8. The fourth-order valence-electron chi connectivity index (χ4n) is 2.91. The van der Waals surface area contributed by atoms with E-state index in [4.69, 9.17) is 14.2 Å². The minimum atomic E-state index is -0.659. The molecule has 0 radical (unpaired) electrons. The third-order valence-electron chi connectivity index (χ3n) is 4.24. The highest BCUT2D eigenvalue weighted by atomic mass is 16.5. The fraction of sp³-hybridized carbons (Fsp3) is 0.625. The monoisotopic (exact) mass is 310 g/mol. The average molecular weight is 310 g/mol. The van der Waals surface area contributed by atoms with Gasteiger partial charge < -0.3 is 24.6 Å². The van der Waals surface area contributed by atoms with Crippen LogP contribution in [0.4, 0.5) is 0 Å². The van der Waals surface area contributed by atoms with Gasteiger partial charge in [-0.3, -0.25) is 4.90 Å². The summed E-state index contributed by atoms with van der Waals surface area (Å²) in [5.41, 5.74) is 0.714. The number of benzene rings is 1. The molecule has 1 fully saturated rings. The van der Waals surface area contributed by atoms with Crippen LogP contribution in [0.3, 0.4) is 0 Å². The fourth-order valence-corrected chi connectivity index (χ4v) is 2.91. The lowest BCUT2D eigenvalue weighted by atomic mass is 10.00. The zero-order chi connectivity index (χ0) is 16.1. The van der Waals surface area contributed by atoms with Gasteiger partial charge in [0.1, 0.15) is 0 Å². The van der Waals surface area contributed by atoms with E-state index in [2.05, 4.69) is 10.2 Å². The van der Waals surface area contributed by atoms with Crippen molar-refractivity contribution in [3.8, 4) is 17.2 Å². The van der Waals surface area contributed by atoms with E-state index in [1.54, 1.807) is 27.4 Å². The van der Waals surface area contributed by atoms with Crippen molar-refractivity contribution in [3.63, 3.8) is 0 Å². The predicted molar refractivity (Wildman–Crippen MR) is 85.0 cm³/mol. The van der Waals surface area contributed by atoms with Gasteiger partial charge in [0.05, 0.1) is 27.4 Å². The Labute approximate surface area is 132 Å². The number of nitrogens with zero attached hydrogens (tertiary/aromatic N) is 1. The van der Waals surface area contributed by atoms with Crippen molar-refractivity contribution >= 4 is 0 Å². The molecule has 1 aromatic carbocycles. The van der Waals surface area contributed by atoms with Crippen LogP contribution in [0.1, 0.15) is 18.6 Å². The second kappa shape index (κ2) is 7.67. The molecule has 1 saturated heterocycles. The molecular formula is C16H26N2O4. The highest BCUT2D eigenvalue weighted by Gasteiger charge is 2.28. The summed E-state index contributed by atoms with van der Waals surface area (Å²) in [6.07, 6.45) is -0.659. The van der Waals surface area contributed by atoms with Crippen LogP contribution in [0.2, 0.25) is 0 Å². The van der Waals surface area contributed by atoms with Crippen molar-refractivity contribution in [1.29, 1.82) is 0 Å². The lowest BCUT2D eigenvalue weighted by Crippen LogP contribution is -2.49. The molecule has 6 heteroatoms. The molecule has 0 aromatic heterocycles. The van der Waals surface area contributed by atoms with E-state index in [1.807, 2.05) is 13.0 Å². The molecule has 1 aromatic rings. The lowest BCUT2D eigenvalue weighted by Gasteiger charge is -2.35. The third-order valence-corrected chi connectivity index (χ3v) is 4.24. The van der Waals surface area contributed by atoms with Crippen LogP contribution in [0, 0.1) is 0 Å². The first kappa shape index (κ1) is 16.9. The number of aliphatic hydroxyl groups excluding tert-OH is 1. The summed E-state index contributed by atoms with van der Waals surface area (Å²) in [5, 5.41) is 14.1. The molecule has 1 heterocycles. The Balaban J connectivity index is 2.29. The Hall–Kier alpha value is -1.50. The van der Waals surface area contributed by atoms with Gasteiger partial charge >= 0.3 is 0 Å². The van der Waals surface area contributed by atoms with E-state index >= 15 is 0 Å². The normalized spacial score (nSPS) is 18.6. The number of hydrogen-bond donors (Lipinski definition) is 2. The quantitative estimate of drug-likeness (QED) is 0.818. The minimum absolute atomic E-state index is 0.00546. The summed E-state index contributed by atoms with van der Waals surface area (Å²) in [4.78, 5) is 2.28. The predicted octanol–water partition coefficient (Wildman–Crippen LogP) is 1.04. The van der Waals surface area contributed by atoms with E-state index in [0.29, 0.717) is 22.8 Å². The van der Waals surface area contributed by atoms with Crippen molar-refractivity contribution in [2.24, 2.45) is 0 Å². The molecule has 0 amide bonds. The molecule has 124 valence electrons. The van der Waals surface area contributed by atoms with Gasteiger partial charge in [0.15, 0.2) is 11.5 Å². The largest absolute Gasteiger partial charge is 0.493 e. The topological polar surface area (TPSA) is 63.2 Å². The maximum atomic E-state index is 10.8. The second-order valence-electron chi connectivity index (χ2n) is 5.39. The smallest absolute Gasteiger partial charge is 0.203 e. The van der Waals surface area contributed by atoms with Gasteiger partial charge in [0.2, 0.25) is 5.75 Å². The van der Waals surface area contributed by atoms with Crippen molar-refractivity contribution in [3.05, 3.63) is 17.7 Å². The maximum Gasteiger partial charge on any atom is 0.203 e. The maximum absolute atomic E-state index is 10.8. The van der Waals surface area contributed by atoms with Crippen molar-refractivity contribution in [2.75, 3.05) is 47.5 Å².